The third-order valence-electron chi connectivity index (χ3n) is 5.07. The number of amides is 1. The number of para-hydroxylation sites is 1. The predicted octanol–water partition coefficient (Wildman–Crippen LogP) is 2.14. The zero-order valence-corrected chi connectivity index (χ0v) is 16.8. The largest absolute Gasteiger partial charge is 0.508 e. The topological polar surface area (TPSA) is 111 Å². The number of phenolic OH excluding ortho intramolecular Hbond substituents is 1. The van der Waals surface area contributed by atoms with Crippen LogP contribution in [0.1, 0.15) is 17.5 Å². The number of rotatable bonds is 7. The third kappa shape index (κ3) is 5.54. The number of phenols is 1. The highest BCUT2D eigenvalue weighted by Crippen LogP contribution is 2.25. The Morgan fingerprint density at radius 3 is 2.67 bits per heavy atom. The molecule has 1 aliphatic heterocycles. The van der Waals surface area contributed by atoms with Crippen LogP contribution in [0.4, 0.5) is 11.4 Å². The minimum Gasteiger partial charge on any atom is -0.508 e. The Hall–Kier alpha value is -3.46. The number of nitrogens with one attached hydrogen (secondary N) is 1. The lowest BCUT2D eigenvalue weighted by atomic mass is 10.1. The number of benzene rings is 2. The van der Waals surface area contributed by atoms with Crippen molar-refractivity contribution >= 4 is 23.5 Å². The number of hydrazone groups is 1. The second-order valence-corrected chi connectivity index (χ2v) is 7.21. The molecule has 1 saturated heterocycles. The molecule has 2 aromatic rings. The summed E-state index contributed by atoms with van der Waals surface area (Å²) in [5, 5.41) is 24.9. The fraction of sp³-hybridized carbons (Fsp3) is 0.333. The summed E-state index contributed by atoms with van der Waals surface area (Å²) in [5.41, 5.74) is 4.55. The van der Waals surface area contributed by atoms with Crippen LogP contribution in [0.15, 0.2) is 47.6 Å². The van der Waals surface area contributed by atoms with Gasteiger partial charge in [-0.1, -0.05) is 18.2 Å². The van der Waals surface area contributed by atoms with Crippen molar-refractivity contribution in [2.24, 2.45) is 5.10 Å². The van der Waals surface area contributed by atoms with Crippen molar-refractivity contribution in [2.45, 2.75) is 12.8 Å². The predicted molar refractivity (Wildman–Crippen MR) is 115 cm³/mol. The number of carbonyl (C=O) groups is 1. The van der Waals surface area contributed by atoms with Gasteiger partial charge in [0, 0.05) is 56.0 Å². The van der Waals surface area contributed by atoms with Crippen LogP contribution in [0.2, 0.25) is 0 Å². The highest BCUT2D eigenvalue weighted by molar-refractivity contribution is 5.90. The van der Waals surface area contributed by atoms with Gasteiger partial charge >= 0.3 is 0 Å². The minimum absolute atomic E-state index is 0.0276. The zero-order chi connectivity index (χ0) is 21.5. The maximum atomic E-state index is 12.1. The molecule has 2 N–H and O–H groups in total. The molecule has 0 unspecified atom stereocenters. The van der Waals surface area contributed by atoms with E-state index in [9.17, 15) is 20.0 Å². The molecule has 0 aromatic heterocycles. The summed E-state index contributed by atoms with van der Waals surface area (Å²) in [6, 6.07) is 11.5. The highest BCUT2D eigenvalue weighted by atomic mass is 16.6. The Kier molecular flexibility index (Phi) is 6.97. The SMILES string of the molecule is CN1CCN(c2ccc([N+](=O)[O-])cc2C=NNC(=O)CCc2ccccc2O)CC1. The number of nitro groups is 1. The second-order valence-electron chi connectivity index (χ2n) is 7.21. The van der Waals surface area contributed by atoms with Crippen LogP contribution in [0.25, 0.3) is 0 Å². The van der Waals surface area contributed by atoms with Crippen molar-refractivity contribution in [2.75, 3.05) is 38.1 Å². The van der Waals surface area contributed by atoms with E-state index >= 15 is 0 Å². The van der Waals surface area contributed by atoms with Crippen LogP contribution < -0.4 is 10.3 Å². The second kappa shape index (κ2) is 9.84. The number of nitrogens with zero attached hydrogens (tertiary/aromatic N) is 4. The number of non-ortho nitro benzene ring substituents is 1. The first-order chi connectivity index (χ1) is 14.4. The van der Waals surface area contributed by atoms with Gasteiger partial charge in [-0.25, -0.2) is 5.43 Å². The van der Waals surface area contributed by atoms with Crippen molar-refractivity contribution in [3.63, 3.8) is 0 Å². The van der Waals surface area contributed by atoms with Gasteiger partial charge in [-0.15, -0.1) is 0 Å². The van der Waals surface area contributed by atoms with Crippen LogP contribution in [-0.2, 0) is 11.2 Å². The number of hydrogen-bond acceptors (Lipinski definition) is 7. The van der Waals surface area contributed by atoms with Crippen LogP contribution in [0.5, 0.6) is 5.75 Å². The van der Waals surface area contributed by atoms with Gasteiger partial charge < -0.3 is 14.9 Å². The minimum atomic E-state index is -0.448. The molecule has 0 atom stereocenters. The molecule has 0 bridgehead atoms. The molecule has 9 heteroatoms. The molecule has 1 fully saturated rings. The van der Waals surface area contributed by atoms with Crippen LogP contribution in [0, 0.1) is 10.1 Å². The standard InChI is InChI=1S/C21H25N5O4/c1-24-10-12-25(13-11-24)19-8-7-18(26(29)30)14-17(19)15-22-23-21(28)9-6-16-4-2-3-5-20(16)27/h2-5,7-8,14-15,27H,6,9-13H2,1H3,(H,23,28). The van der Waals surface area contributed by atoms with E-state index < -0.39 is 4.92 Å². The first-order valence-corrected chi connectivity index (χ1v) is 9.75. The van der Waals surface area contributed by atoms with Gasteiger partial charge in [0.1, 0.15) is 5.75 Å². The summed E-state index contributed by atoms with van der Waals surface area (Å²) >= 11 is 0. The molecule has 3 rings (SSSR count). The molecule has 1 heterocycles. The average Bonchev–Trinajstić information content (AvgIpc) is 2.74. The molecule has 0 radical (unpaired) electrons. The smallest absolute Gasteiger partial charge is 0.270 e. The van der Waals surface area contributed by atoms with E-state index in [1.54, 1.807) is 30.3 Å². The Balaban J connectivity index is 1.66. The number of hydrogen-bond donors (Lipinski definition) is 2. The van der Waals surface area contributed by atoms with Crippen molar-refractivity contribution < 1.29 is 14.8 Å². The lowest BCUT2D eigenvalue weighted by molar-refractivity contribution is -0.384. The number of likely N-dealkylation sites (N-methyl/N-ethyl adjacent to an activating group) is 1. The summed E-state index contributed by atoms with van der Waals surface area (Å²) in [7, 11) is 2.06. The fourth-order valence-electron chi connectivity index (χ4n) is 3.29. The van der Waals surface area contributed by atoms with E-state index in [0.717, 1.165) is 31.9 Å². The van der Waals surface area contributed by atoms with Gasteiger partial charge in [0.25, 0.3) is 5.69 Å². The van der Waals surface area contributed by atoms with Crippen molar-refractivity contribution in [3.05, 3.63) is 63.7 Å². The molecule has 0 spiro atoms. The fourth-order valence-corrected chi connectivity index (χ4v) is 3.29. The summed E-state index contributed by atoms with van der Waals surface area (Å²) in [6.07, 6.45) is 1.99. The van der Waals surface area contributed by atoms with Gasteiger partial charge in [-0.3, -0.25) is 14.9 Å². The molecule has 2 aromatic carbocycles. The molecule has 1 amide bonds. The average molecular weight is 411 g/mol. The van der Waals surface area contributed by atoms with Crippen molar-refractivity contribution in [1.82, 2.24) is 10.3 Å². The van der Waals surface area contributed by atoms with Crippen LogP contribution >= 0.6 is 0 Å². The molecular weight excluding hydrogens is 386 g/mol. The summed E-state index contributed by atoms with van der Waals surface area (Å²) < 4.78 is 0. The van der Waals surface area contributed by atoms with E-state index in [2.05, 4.69) is 27.4 Å². The number of nitro benzene ring substituents is 1. The molecule has 9 nitrogen and oxygen atoms in total. The molecule has 30 heavy (non-hydrogen) atoms. The Morgan fingerprint density at radius 1 is 1.23 bits per heavy atom. The number of aryl methyl sites for hydroxylation is 1. The van der Waals surface area contributed by atoms with Gasteiger partial charge in [0.15, 0.2) is 0 Å². The maximum Gasteiger partial charge on any atom is 0.270 e. The zero-order valence-electron chi connectivity index (χ0n) is 16.8. The third-order valence-corrected chi connectivity index (χ3v) is 5.07. The molecule has 1 aliphatic rings. The normalized spacial score (nSPS) is 14.8. The van der Waals surface area contributed by atoms with E-state index in [-0.39, 0.29) is 23.8 Å². The molecular formula is C21H25N5O4. The number of carbonyl (C=O) groups excluding carboxylic acids is 1. The quantitative estimate of drug-likeness (QED) is 0.410. The van der Waals surface area contributed by atoms with Crippen molar-refractivity contribution in [3.8, 4) is 5.75 Å². The Morgan fingerprint density at radius 2 is 1.97 bits per heavy atom. The summed E-state index contributed by atoms with van der Waals surface area (Å²) in [5.74, 6) is -0.150. The lowest BCUT2D eigenvalue weighted by Gasteiger charge is -2.34. The first-order valence-electron chi connectivity index (χ1n) is 9.75. The molecule has 0 saturated carbocycles. The van der Waals surface area contributed by atoms with E-state index in [1.807, 2.05) is 0 Å². The Labute approximate surface area is 174 Å². The van der Waals surface area contributed by atoms with E-state index in [4.69, 9.17) is 0 Å². The van der Waals surface area contributed by atoms with Gasteiger partial charge in [0.05, 0.1) is 11.1 Å². The first kappa shape index (κ1) is 21.3. The van der Waals surface area contributed by atoms with Gasteiger partial charge in [0.2, 0.25) is 5.91 Å². The summed E-state index contributed by atoms with van der Waals surface area (Å²) in [6.45, 7) is 3.41. The highest BCUT2D eigenvalue weighted by Gasteiger charge is 2.18. The number of aromatic hydroxyl groups is 1. The number of piperazine rings is 1. The number of anilines is 1. The maximum absolute atomic E-state index is 12.1. The molecule has 0 aliphatic carbocycles. The van der Waals surface area contributed by atoms with E-state index in [0.29, 0.717) is 17.5 Å². The summed E-state index contributed by atoms with van der Waals surface area (Å²) in [4.78, 5) is 27.2. The van der Waals surface area contributed by atoms with Crippen LogP contribution in [0.3, 0.4) is 0 Å². The van der Waals surface area contributed by atoms with Crippen LogP contribution in [-0.4, -0.2) is 60.3 Å². The Bertz CT molecular complexity index is 939. The van der Waals surface area contributed by atoms with E-state index in [1.165, 1.54) is 18.3 Å². The lowest BCUT2D eigenvalue weighted by Crippen LogP contribution is -2.44. The van der Waals surface area contributed by atoms with Crippen molar-refractivity contribution in [1.29, 1.82) is 0 Å². The van der Waals surface area contributed by atoms with Gasteiger partial charge in [-0.2, -0.15) is 5.10 Å². The van der Waals surface area contributed by atoms with Gasteiger partial charge in [-0.05, 0) is 31.2 Å². The molecule has 158 valence electrons. The monoisotopic (exact) mass is 411 g/mol.